The van der Waals surface area contributed by atoms with E-state index in [1.807, 2.05) is 0 Å². The molecule has 0 saturated carbocycles. The van der Waals surface area contributed by atoms with Gasteiger partial charge in [-0.2, -0.15) is 26.3 Å². The van der Waals surface area contributed by atoms with Gasteiger partial charge >= 0.3 is 18.3 Å². The van der Waals surface area contributed by atoms with E-state index < -0.39 is 42.3 Å². The maximum atomic E-state index is 12.9. The molecule has 1 aliphatic rings. The number of alkyl halides is 6. The summed E-state index contributed by atoms with van der Waals surface area (Å²) < 4.78 is 81.6. The number of nitrogens with zero attached hydrogens (tertiary/aromatic N) is 1. The number of ether oxygens (including phenoxy) is 1. The van der Waals surface area contributed by atoms with Gasteiger partial charge in [0.25, 0.3) is 0 Å². The highest BCUT2D eigenvalue weighted by molar-refractivity contribution is 5.71. The molecule has 0 aromatic heterocycles. The highest BCUT2D eigenvalue weighted by atomic mass is 19.4. The van der Waals surface area contributed by atoms with E-state index in [0.29, 0.717) is 0 Å². The van der Waals surface area contributed by atoms with E-state index in [0.717, 1.165) is 12.1 Å². The van der Waals surface area contributed by atoms with Crippen molar-refractivity contribution in [2.45, 2.75) is 18.8 Å². The van der Waals surface area contributed by atoms with Crippen LogP contribution in [0.2, 0.25) is 0 Å². The number of carboxylic acid groups (broad SMARTS) is 1. The van der Waals surface area contributed by atoms with Crippen molar-refractivity contribution in [3.8, 4) is 5.75 Å². The van der Waals surface area contributed by atoms with E-state index in [9.17, 15) is 31.1 Å². The molecule has 1 aliphatic heterocycles. The first-order chi connectivity index (χ1) is 12.0. The Labute approximate surface area is 145 Å². The fourth-order valence-corrected chi connectivity index (χ4v) is 2.89. The zero-order chi connectivity index (χ0) is 19.5. The van der Waals surface area contributed by atoms with Crippen LogP contribution in [0, 0.1) is 11.8 Å². The van der Waals surface area contributed by atoms with Crippen LogP contribution >= 0.6 is 0 Å². The van der Waals surface area contributed by atoms with Gasteiger partial charge in [-0.15, -0.1) is 0 Å². The van der Waals surface area contributed by atoms with Crippen LogP contribution in [0.25, 0.3) is 0 Å². The number of halogens is 6. The number of rotatable bonds is 6. The van der Waals surface area contributed by atoms with Gasteiger partial charge in [0, 0.05) is 19.6 Å². The monoisotopic (exact) mass is 385 g/mol. The molecular weight excluding hydrogens is 368 g/mol. The Kier molecular flexibility index (Phi) is 6.05. The molecule has 146 valence electrons. The second-order valence-electron chi connectivity index (χ2n) is 6.08. The standard InChI is InChI=1S/C16H17F6NO3/c17-15(18,19)10-3-1-4-11(7-10)26-6-2-5-23-8-12(14(24)25)13(9-23)16(20,21)22/h1,3-4,7,12-13H,2,5-6,8-9H2,(H,24,25)/t12-,13-/m1/s1. The smallest absolute Gasteiger partial charge is 0.416 e. The summed E-state index contributed by atoms with van der Waals surface area (Å²) in [5, 5.41) is 8.93. The molecule has 0 spiro atoms. The average Bonchev–Trinajstić information content (AvgIpc) is 2.96. The molecular formula is C16H17F6NO3. The molecule has 0 amide bonds. The zero-order valence-corrected chi connectivity index (χ0v) is 13.5. The molecule has 1 saturated heterocycles. The summed E-state index contributed by atoms with van der Waals surface area (Å²) in [7, 11) is 0. The van der Waals surface area contributed by atoms with Crippen molar-refractivity contribution in [3.63, 3.8) is 0 Å². The van der Waals surface area contributed by atoms with Crippen molar-refractivity contribution in [1.29, 1.82) is 0 Å². The van der Waals surface area contributed by atoms with E-state index >= 15 is 0 Å². The fraction of sp³-hybridized carbons (Fsp3) is 0.562. The zero-order valence-electron chi connectivity index (χ0n) is 13.5. The quantitative estimate of drug-likeness (QED) is 0.600. The van der Waals surface area contributed by atoms with E-state index in [4.69, 9.17) is 9.84 Å². The van der Waals surface area contributed by atoms with Gasteiger partial charge in [0.2, 0.25) is 0 Å². The molecule has 0 unspecified atom stereocenters. The first kappa shape index (κ1) is 20.3. The SMILES string of the molecule is O=C(O)[C@@H]1CN(CCCOc2cccc(C(F)(F)F)c2)C[C@H]1C(F)(F)F. The first-order valence-corrected chi connectivity index (χ1v) is 7.80. The maximum absolute atomic E-state index is 12.9. The minimum absolute atomic E-state index is 0.00618. The Bertz CT molecular complexity index is 631. The molecule has 1 fully saturated rings. The summed E-state index contributed by atoms with van der Waals surface area (Å²) in [6, 6.07) is 4.30. The van der Waals surface area contributed by atoms with Gasteiger partial charge in [0.15, 0.2) is 0 Å². The number of carbonyl (C=O) groups is 1. The second kappa shape index (κ2) is 7.73. The van der Waals surface area contributed by atoms with Crippen molar-refractivity contribution in [2.75, 3.05) is 26.2 Å². The summed E-state index contributed by atoms with van der Waals surface area (Å²) in [6.45, 7) is -0.464. The molecule has 0 radical (unpaired) electrons. The number of likely N-dealkylation sites (tertiary alicyclic amines) is 1. The number of aliphatic carboxylic acids is 1. The molecule has 1 aromatic carbocycles. The molecule has 4 nitrogen and oxygen atoms in total. The van der Waals surface area contributed by atoms with Gasteiger partial charge in [-0.05, 0) is 24.6 Å². The van der Waals surface area contributed by atoms with Crippen LogP contribution in [0.15, 0.2) is 24.3 Å². The maximum Gasteiger partial charge on any atom is 0.416 e. The molecule has 2 atom stereocenters. The van der Waals surface area contributed by atoms with Crippen LogP contribution in [0.1, 0.15) is 12.0 Å². The number of hydrogen-bond donors (Lipinski definition) is 1. The lowest BCUT2D eigenvalue weighted by Crippen LogP contribution is -2.33. The Hall–Kier alpha value is -1.97. The second-order valence-corrected chi connectivity index (χ2v) is 6.08. The lowest BCUT2D eigenvalue weighted by Gasteiger charge is -2.18. The summed E-state index contributed by atoms with van der Waals surface area (Å²) in [4.78, 5) is 12.4. The summed E-state index contributed by atoms with van der Waals surface area (Å²) in [6.07, 6.45) is -8.83. The van der Waals surface area contributed by atoms with Crippen LogP contribution in [0.5, 0.6) is 5.75 Å². The summed E-state index contributed by atoms with van der Waals surface area (Å²) in [5.74, 6) is -4.92. The third-order valence-electron chi connectivity index (χ3n) is 4.18. The fourth-order valence-electron chi connectivity index (χ4n) is 2.89. The van der Waals surface area contributed by atoms with E-state index in [1.54, 1.807) is 0 Å². The Balaban J connectivity index is 1.83. The molecule has 1 aromatic rings. The molecule has 0 aliphatic carbocycles. The van der Waals surface area contributed by atoms with Gasteiger partial charge in [-0.1, -0.05) is 6.07 Å². The molecule has 26 heavy (non-hydrogen) atoms. The van der Waals surface area contributed by atoms with Crippen LogP contribution in [-0.2, 0) is 11.0 Å². The number of carboxylic acids is 1. The first-order valence-electron chi connectivity index (χ1n) is 7.80. The van der Waals surface area contributed by atoms with Crippen LogP contribution < -0.4 is 4.74 Å². The lowest BCUT2D eigenvalue weighted by molar-refractivity contribution is -0.188. The third-order valence-corrected chi connectivity index (χ3v) is 4.18. The van der Waals surface area contributed by atoms with Gasteiger partial charge < -0.3 is 14.7 Å². The van der Waals surface area contributed by atoms with Gasteiger partial charge in [-0.25, -0.2) is 0 Å². The molecule has 10 heteroatoms. The van der Waals surface area contributed by atoms with Crippen molar-refractivity contribution in [1.82, 2.24) is 4.90 Å². The third kappa shape index (κ3) is 5.26. The van der Waals surface area contributed by atoms with Crippen LogP contribution in [0.4, 0.5) is 26.3 Å². The highest BCUT2D eigenvalue weighted by Crippen LogP contribution is 2.37. The molecule has 1 heterocycles. The van der Waals surface area contributed by atoms with Crippen molar-refractivity contribution >= 4 is 5.97 Å². The van der Waals surface area contributed by atoms with Crippen molar-refractivity contribution in [2.24, 2.45) is 11.8 Å². The lowest BCUT2D eigenvalue weighted by atomic mass is 9.96. The molecule has 0 bridgehead atoms. The predicted molar refractivity (Wildman–Crippen MR) is 78.7 cm³/mol. The van der Waals surface area contributed by atoms with Crippen LogP contribution in [0.3, 0.4) is 0 Å². The summed E-state index contributed by atoms with van der Waals surface area (Å²) in [5.41, 5.74) is -0.855. The molecule has 2 rings (SSSR count). The Morgan fingerprint density at radius 3 is 2.42 bits per heavy atom. The van der Waals surface area contributed by atoms with Crippen molar-refractivity contribution in [3.05, 3.63) is 29.8 Å². The van der Waals surface area contributed by atoms with Gasteiger partial charge in [-0.3, -0.25) is 4.79 Å². The van der Waals surface area contributed by atoms with Crippen LogP contribution in [-0.4, -0.2) is 48.4 Å². The van der Waals surface area contributed by atoms with E-state index in [1.165, 1.54) is 17.0 Å². The topological polar surface area (TPSA) is 49.8 Å². The van der Waals surface area contributed by atoms with E-state index in [2.05, 4.69) is 0 Å². The van der Waals surface area contributed by atoms with Gasteiger partial charge in [0.1, 0.15) is 5.75 Å². The molecule has 1 N–H and O–H groups in total. The number of hydrogen-bond acceptors (Lipinski definition) is 3. The Morgan fingerprint density at radius 2 is 1.88 bits per heavy atom. The van der Waals surface area contributed by atoms with Gasteiger partial charge in [0.05, 0.1) is 24.0 Å². The normalized spacial score (nSPS) is 21.8. The minimum Gasteiger partial charge on any atom is -0.494 e. The largest absolute Gasteiger partial charge is 0.494 e. The van der Waals surface area contributed by atoms with Crippen molar-refractivity contribution < 1.29 is 41.0 Å². The predicted octanol–water partition coefficient (Wildman–Crippen LogP) is 3.67. The minimum atomic E-state index is -4.59. The summed E-state index contributed by atoms with van der Waals surface area (Å²) >= 11 is 0. The average molecular weight is 385 g/mol. The van der Waals surface area contributed by atoms with E-state index in [-0.39, 0.29) is 31.9 Å². The number of benzene rings is 1. The Morgan fingerprint density at radius 1 is 1.19 bits per heavy atom. The highest BCUT2D eigenvalue weighted by Gasteiger charge is 2.52.